The predicted octanol–water partition coefficient (Wildman–Crippen LogP) is 2.66. The molecule has 0 aliphatic heterocycles. The molecule has 1 heterocycles. The van der Waals surface area contributed by atoms with Crippen molar-refractivity contribution in [3.05, 3.63) is 48.3 Å². The Balaban J connectivity index is 1.84. The number of nitrogens with two attached hydrogens (primary N) is 1. The van der Waals surface area contributed by atoms with Crippen molar-refractivity contribution in [3.8, 4) is 0 Å². The minimum atomic E-state index is -0.107. The summed E-state index contributed by atoms with van der Waals surface area (Å²) in [5.41, 5.74) is 7.85. The van der Waals surface area contributed by atoms with Gasteiger partial charge < -0.3 is 15.6 Å². The molecule has 1 aliphatic carbocycles. The highest BCUT2D eigenvalue weighted by Crippen LogP contribution is 2.37. The summed E-state index contributed by atoms with van der Waals surface area (Å²) in [6.07, 6.45) is 4.09. The number of anilines is 2. The summed E-state index contributed by atoms with van der Waals surface area (Å²) >= 11 is 0. The van der Waals surface area contributed by atoms with E-state index in [4.69, 9.17) is 5.73 Å². The highest BCUT2D eigenvalue weighted by atomic mass is 16.1. The number of hydrogen-bond acceptors (Lipinski definition) is 2. The minimum Gasteiger partial charge on any atom is -0.397 e. The highest BCUT2D eigenvalue weighted by Gasteiger charge is 2.27. The Labute approximate surface area is 105 Å². The van der Waals surface area contributed by atoms with Gasteiger partial charge in [0.2, 0.25) is 0 Å². The fourth-order valence-corrected chi connectivity index (χ4v) is 2.05. The minimum absolute atomic E-state index is 0.107. The van der Waals surface area contributed by atoms with Crippen molar-refractivity contribution >= 4 is 17.3 Å². The second-order valence-electron chi connectivity index (χ2n) is 4.62. The third-order valence-electron chi connectivity index (χ3n) is 3.07. The fraction of sp³-hybridized carbons (Fsp3) is 0.214. The largest absolute Gasteiger partial charge is 0.397 e. The van der Waals surface area contributed by atoms with Gasteiger partial charge >= 0.3 is 0 Å². The van der Waals surface area contributed by atoms with Gasteiger partial charge in [0.15, 0.2) is 0 Å². The van der Waals surface area contributed by atoms with E-state index in [1.165, 1.54) is 0 Å². The lowest BCUT2D eigenvalue weighted by atomic mass is 10.3. The van der Waals surface area contributed by atoms with Crippen LogP contribution in [0.15, 0.2) is 42.6 Å². The van der Waals surface area contributed by atoms with Crippen LogP contribution in [0.2, 0.25) is 0 Å². The number of carbonyl (C=O) groups is 1. The Bertz CT molecular complexity index is 570. The maximum atomic E-state index is 12.2. The van der Waals surface area contributed by atoms with Gasteiger partial charge in [0.1, 0.15) is 5.69 Å². The number of para-hydroxylation sites is 1. The molecule has 0 bridgehead atoms. The first-order valence-corrected chi connectivity index (χ1v) is 6.08. The third kappa shape index (κ3) is 2.09. The topological polar surface area (TPSA) is 60.1 Å². The number of nitrogens with zero attached hydrogens (tertiary/aromatic N) is 1. The van der Waals surface area contributed by atoms with E-state index in [1.54, 1.807) is 6.07 Å². The molecule has 92 valence electrons. The van der Waals surface area contributed by atoms with E-state index in [0.717, 1.165) is 18.5 Å². The van der Waals surface area contributed by atoms with Crippen LogP contribution in [0.4, 0.5) is 11.4 Å². The number of carbonyl (C=O) groups excluding carboxylic acids is 1. The van der Waals surface area contributed by atoms with Gasteiger partial charge in [-0.15, -0.1) is 0 Å². The van der Waals surface area contributed by atoms with Crippen LogP contribution in [0.3, 0.4) is 0 Å². The van der Waals surface area contributed by atoms with E-state index in [9.17, 15) is 4.79 Å². The van der Waals surface area contributed by atoms with Crippen LogP contribution in [-0.2, 0) is 0 Å². The first-order chi connectivity index (χ1) is 8.74. The molecule has 4 heteroatoms. The lowest BCUT2D eigenvalue weighted by Crippen LogP contribution is -2.16. The standard InChI is InChI=1S/C14H15N3O/c15-10-8-13(17(9-10)12-6-7-12)14(18)16-11-4-2-1-3-5-11/h1-5,8-9,12H,6-7,15H2,(H,16,18). The van der Waals surface area contributed by atoms with Crippen molar-refractivity contribution in [1.82, 2.24) is 4.57 Å². The van der Waals surface area contributed by atoms with Crippen LogP contribution in [0, 0.1) is 0 Å². The molecule has 1 aromatic heterocycles. The van der Waals surface area contributed by atoms with Crippen LogP contribution < -0.4 is 11.1 Å². The van der Waals surface area contributed by atoms with E-state index < -0.39 is 0 Å². The Hall–Kier alpha value is -2.23. The van der Waals surface area contributed by atoms with Crippen molar-refractivity contribution in [3.63, 3.8) is 0 Å². The molecule has 1 amide bonds. The zero-order valence-electron chi connectivity index (χ0n) is 9.97. The molecule has 0 saturated heterocycles. The number of aromatic nitrogens is 1. The van der Waals surface area contributed by atoms with Gasteiger partial charge in [0.05, 0.1) is 5.69 Å². The van der Waals surface area contributed by atoms with Crippen LogP contribution in [0.5, 0.6) is 0 Å². The smallest absolute Gasteiger partial charge is 0.272 e. The SMILES string of the molecule is Nc1cc(C(=O)Nc2ccccc2)n(C2CC2)c1. The lowest BCUT2D eigenvalue weighted by molar-refractivity contribution is 0.101. The Kier molecular flexibility index (Phi) is 2.55. The normalized spacial score (nSPS) is 14.4. The number of nitrogen functional groups attached to an aromatic ring is 1. The average Bonchev–Trinajstić information content (AvgIpc) is 3.13. The van der Waals surface area contributed by atoms with Gasteiger partial charge in [0.25, 0.3) is 5.91 Å². The molecule has 3 rings (SSSR count). The third-order valence-corrected chi connectivity index (χ3v) is 3.07. The molecule has 18 heavy (non-hydrogen) atoms. The van der Waals surface area contributed by atoms with Gasteiger partial charge in [-0.05, 0) is 31.0 Å². The molecule has 3 N–H and O–H groups in total. The Morgan fingerprint density at radius 1 is 1.28 bits per heavy atom. The zero-order valence-corrected chi connectivity index (χ0v) is 9.97. The predicted molar refractivity (Wildman–Crippen MR) is 71.5 cm³/mol. The van der Waals surface area contributed by atoms with Crippen molar-refractivity contribution < 1.29 is 4.79 Å². The number of benzene rings is 1. The number of nitrogens with one attached hydrogen (secondary N) is 1. The molecule has 4 nitrogen and oxygen atoms in total. The van der Waals surface area contributed by atoms with E-state index in [1.807, 2.05) is 41.1 Å². The molecule has 1 fully saturated rings. The van der Waals surface area contributed by atoms with Gasteiger partial charge in [-0.25, -0.2) is 0 Å². The van der Waals surface area contributed by atoms with E-state index in [-0.39, 0.29) is 5.91 Å². The molecule has 0 spiro atoms. The maximum absolute atomic E-state index is 12.2. The summed E-state index contributed by atoms with van der Waals surface area (Å²) in [5, 5.41) is 2.88. The van der Waals surface area contributed by atoms with Crippen LogP contribution in [0.1, 0.15) is 29.4 Å². The van der Waals surface area contributed by atoms with Gasteiger partial charge in [-0.3, -0.25) is 4.79 Å². The van der Waals surface area contributed by atoms with E-state index in [2.05, 4.69) is 5.32 Å². The zero-order chi connectivity index (χ0) is 12.5. The molecular formula is C14H15N3O. The van der Waals surface area contributed by atoms with Gasteiger partial charge in [-0.1, -0.05) is 18.2 Å². The Morgan fingerprint density at radius 3 is 2.67 bits per heavy atom. The molecule has 1 aliphatic rings. The van der Waals surface area contributed by atoms with Crippen LogP contribution >= 0.6 is 0 Å². The molecule has 1 saturated carbocycles. The van der Waals surface area contributed by atoms with Crippen LogP contribution in [-0.4, -0.2) is 10.5 Å². The van der Waals surface area contributed by atoms with Gasteiger partial charge in [0, 0.05) is 17.9 Å². The van der Waals surface area contributed by atoms with Crippen molar-refractivity contribution in [2.75, 3.05) is 11.1 Å². The van der Waals surface area contributed by atoms with Crippen molar-refractivity contribution in [1.29, 1.82) is 0 Å². The average molecular weight is 241 g/mol. The molecule has 2 aromatic rings. The summed E-state index contributed by atoms with van der Waals surface area (Å²) in [4.78, 5) is 12.2. The monoisotopic (exact) mass is 241 g/mol. The van der Waals surface area contributed by atoms with Crippen LogP contribution in [0.25, 0.3) is 0 Å². The fourth-order valence-electron chi connectivity index (χ4n) is 2.05. The summed E-state index contributed by atoms with van der Waals surface area (Å²) < 4.78 is 1.98. The number of hydrogen-bond donors (Lipinski definition) is 2. The highest BCUT2D eigenvalue weighted by molar-refractivity contribution is 6.03. The quantitative estimate of drug-likeness (QED) is 0.867. The Morgan fingerprint density at radius 2 is 2.00 bits per heavy atom. The lowest BCUT2D eigenvalue weighted by Gasteiger charge is -2.08. The van der Waals surface area contributed by atoms with Gasteiger partial charge in [-0.2, -0.15) is 0 Å². The molecule has 1 aromatic carbocycles. The van der Waals surface area contributed by atoms with Crippen molar-refractivity contribution in [2.24, 2.45) is 0 Å². The second kappa shape index (κ2) is 4.22. The molecule has 0 radical (unpaired) electrons. The summed E-state index contributed by atoms with van der Waals surface area (Å²) in [7, 11) is 0. The second-order valence-corrected chi connectivity index (χ2v) is 4.62. The first-order valence-electron chi connectivity index (χ1n) is 6.08. The molecular weight excluding hydrogens is 226 g/mol. The van der Waals surface area contributed by atoms with E-state index >= 15 is 0 Å². The molecule has 0 unspecified atom stereocenters. The first kappa shape index (κ1) is 10.9. The van der Waals surface area contributed by atoms with E-state index in [0.29, 0.717) is 17.4 Å². The summed E-state index contributed by atoms with van der Waals surface area (Å²) in [5.74, 6) is -0.107. The summed E-state index contributed by atoms with van der Waals surface area (Å²) in [6.45, 7) is 0. The van der Waals surface area contributed by atoms with Crippen molar-refractivity contribution in [2.45, 2.75) is 18.9 Å². The number of amides is 1. The molecule has 0 atom stereocenters. The number of rotatable bonds is 3. The maximum Gasteiger partial charge on any atom is 0.272 e. The summed E-state index contributed by atoms with van der Waals surface area (Å²) in [6, 6.07) is 11.6.